The predicted molar refractivity (Wildman–Crippen MR) is 77.6 cm³/mol. The molecule has 4 nitrogen and oxygen atoms in total. The molecule has 2 rings (SSSR count). The van der Waals surface area contributed by atoms with Crippen molar-refractivity contribution < 1.29 is 14.3 Å². The topological polar surface area (TPSA) is 56.3 Å². The first-order chi connectivity index (χ1) is 9.58. The van der Waals surface area contributed by atoms with Crippen molar-refractivity contribution in [2.75, 3.05) is 0 Å². The summed E-state index contributed by atoms with van der Waals surface area (Å²) < 4.78 is 5.83. The van der Waals surface area contributed by atoms with Crippen molar-refractivity contribution in [1.82, 2.24) is 4.98 Å². The van der Waals surface area contributed by atoms with E-state index in [1.165, 1.54) is 6.20 Å². The van der Waals surface area contributed by atoms with E-state index >= 15 is 0 Å². The smallest absolute Gasteiger partial charge is 0.340 e. The van der Waals surface area contributed by atoms with E-state index in [4.69, 9.17) is 4.74 Å². The monoisotopic (exact) mass is 333 g/mol. The third kappa shape index (κ3) is 3.51. The van der Waals surface area contributed by atoms with Gasteiger partial charge in [-0.15, -0.1) is 0 Å². The second-order valence-electron chi connectivity index (χ2n) is 4.17. The Morgan fingerprint density at radius 3 is 2.50 bits per heavy atom. The third-order valence-electron chi connectivity index (χ3n) is 2.65. The van der Waals surface area contributed by atoms with Crippen LogP contribution in [0.4, 0.5) is 0 Å². The van der Waals surface area contributed by atoms with Crippen molar-refractivity contribution in [1.29, 1.82) is 0 Å². The number of carbonyl (C=O) groups excluding carboxylic acids is 2. The van der Waals surface area contributed by atoms with Gasteiger partial charge in [0.2, 0.25) is 5.78 Å². The van der Waals surface area contributed by atoms with Crippen LogP contribution in [0.15, 0.2) is 53.3 Å². The highest BCUT2D eigenvalue weighted by Gasteiger charge is 2.20. The summed E-state index contributed by atoms with van der Waals surface area (Å²) in [5.41, 5.74) is 0.812. The maximum absolute atomic E-state index is 12.1. The van der Waals surface area contributed by atoms with Crippen LogP contribution >= 0.6 is 15.9 Å². The van der Waals surface area contributed by atoms with E-state index in [1.807, 2.05) is 6.07 Å². The van der Waals surface area contributed by atoms with E-state index in [0.29, 0.717) is 15.6 Å². The Labute approximate surface area is 124 Å². The Balaban J connectivity index is 2.06. The van der Waals surface area contributed by atoms with Crippen LogP contribution in [0.25, 0.3) is 0 Å². The second-order valence-corrected chi connectivity index (χ2v) is 5.09. The fourth-order valence-corrected chi connectivity index (χ4v) is 2.01. The van der Waals surface area contributed by atoms with Gasteiger partial charge >= 0.3 is 5.97 Å². The summed E-state index contributed by atoms with van der Waals surface area (Å²) in [6.45, 7) is 1.55. The van der Waals surface area contributed by atoms with Gasteiger partial charge in [-0.25, -0.2) is 4.79 Å². The molecule has 1 aromatic carbocycles. The maximum atomic E-state index is 12.1. The van der Waals surface area contributed by atoms with E-state index in [1.54, 1.807) is 43.5 Å². The molecule has 0 aliphatic carbocycles. The molecule has 2 aromatic rings. The van der Waals surface area contributed by atoms with Crippen LogP contribution in [0, 0.1) is 0 Å². The van der Waals surface area contributed by atoms with Gasteiger partial charge in [-0.3, -0.25) is 9.78 Å². The minimum Gasteiger partial charge on any atom is -0.451 e. The molecule has 0 radical (unpaired) electrons. The summed E-state index contributed by atoms with van der Waals surface area (Å²) in [6, 6.07) is 10.3. The molecule has 0 fully saturated rings. The van der Waals surface area contributed by atoms with Crippen molar-refractivity contribution in [3.8, 4) is 0 Å². The molecule has 5 heteroatoms. The Hall–Kier alpha value is -2.01. The number of hydrogen-bond donors (Lipinski definition) is 0. The Kier molecular flexibility index (Phi) is 4.63. The number of halogens is 1. The molecular weight excluding hydrogens is 322 g/mol. The van der Waals surface area contributed by atoms with Crippen molar-refractivity contribution >= 4 is 27.7 Å². The zero-order valence-corrected chi connectivity index (χ0v) is 12.3. The number of carbonyl (C=O) groups is 2. The summed E-state index contributed by atoms with van der Waals surface area (Å²) in [6.07, 6.45) is 2.12. The van der Waals surface area contributed by atoms with E-state index in [0.717, 1.165) is 0 Å². The number of nitrogens with zero attached hydrogens (tertiary/aromatic N) is 1. The lowest BCUT2D eigenvalue weighted by atomic mass is 10.1. The van der Waals surface area contributed by atoms with Gasteiger partial charge in [-0.05, 0) is 28.9 Å². The molecule has 0 spiro atoms. The SMILES string of the molecule is CC(OC(=O)c1cncc(Br)c1)C(=O)c1ccccc1. The lowest BCUT2D eigenvalue weighted by Gasteiger charge is -2.12. The lowest BCUT2D eigenvalue weighted by Crippen LogP contribution is -2.24. The molecule has 0 N–H and O–H groups in total. The lowest BCUT2D eigenvalue weighted by molar-refractivity contribution is 0.0318. The van der Waals surface area contributed by atoms with Crippen molar-refractivity contribution in [3.63, 3.8) is 0 Å². The zero-order chi connectivity index (χ0) is 14.5. The van der Waals surface area contributed by atoms with E-state index in [-0.39, 0.29) is 5.78 Å². The van der Waals surface area contributed by atoms with Crippen molar-refractivity contribution in [2.45, 2.75) is 13.0 Å². The van der Waals surface area contributed by atoms with Crippen LogP contribution in [0.2, 0.25) is 0 Å². The van der Waals surface area contributed by atoms with Crippen molar-refractivity contribution in [2.24, 2.45) is 0 Å². The summed E-state index contributed by atoms with van der Waals surface area (Å²) in [5.74, 6) is -0.808. The van der Waals surface area contributed by atoms with Gasteiger partial charge in [0.05, 0.1) is 5.56 Å². The normalized spacial score (nSPS) is 11.7. The first-order valence-corrected chi connectivity index (χ1v) is 6.78. The van der Waals surface area contributed by atoms with Gasteiger partial charge in [0, 0.05) is 22.4 Å². The number of rotatable bonds is 4. The molecule has 0 saturated heterocycles. The molecular formula is C15H12BrNO3. The van der Waals surface area contributed by atoms with Gasteiger partial charge in [0.25, 0.3) is 0 Å². The van der Waals surface area contributed by atoms with Crippen LogP contribution < -0.4 is 0 Å². The molecule has 1 heterocycles. The molecule has 0 aliphatic rings. The highest BCUT2D eigenvalue weighted by Crippen LogP contribution is 2.13. The molecule has 0 aliphatic heterocycles. The predicted octanol–water partition coefficient (Wildman–Crippen LogP) is 3.27. The molecule has 0 bridgehead atoms. The van der Waals surface area contributed by atoms with Crippen molar-refractivity contribution in [3.05, 3.63) is 64.4 Å². The number of pyridine rings is 1. The first-order valence-electron chi connectivity index (χ1n) is 5.98. The number of ether oxygens (including phenoxy) is 1. The first kappa shape index (κ1) is 14.4. The van der Waals surface area contributed by atoms with Crippen LogP contribution in [0.1, 0.15) is 27.6 Å². The minimum atomic E-state index is -0.844. The fourth-order valence-electron chi connectivity index (χ4n) is 1.64. The Morgan fingerprint density at radius 1 is 1.15 bits per heavy atom. The fraction of sp³-hybridized carbons (Fsp3) is 0.133. The number of Topliss-reactive ketones (excluding diaryl/α,β-unsaturated/α-hetero) is 1. The summed E-state index contributed by atoms with van der Waals surface area (Å²) in [4.78, 5) is 27.9. The molecule has 102 valence electrons. The average molecular weight is 334 g/mol. The molecule has 1 unspecified atom stereocenters. The standard InChI is InChI=1S/C15H12BrNO3/c1-10(14(18)11-5-3-2-4-6-11)20-15(19)12-7-13(16)9-17-8-12/h2-10H,1H3. The minimum absolute atomic E-state index is 0.234. The molecule has 0 saturated carbocycles. The molecule has 0 amide bonds. The number of esters is 1. The van der Waals surface area contributed by atoms with Gasteiger partial charge in [-0.2, -0.15) is 0 Å². The molecule has 1 aromatic heterocycles. The van der Waals surface area contributed by atoms with E-state index in [2.05, 4.69) is 20.9 Å². The Bertz CT molecular complexity index is 628. The van der Waals surface area contributed by atoms with E-state index < -0.39 is 12.1 Å². The van der Waals surface area contributed by atoms with Crippen LogP contribution in [-0.2, 0) is 4.74 Å². The quantitative estimate of drug-likeness (QED) is 0.636. The number of benzene rings is 1. The maximum Gasteiger partial charge on any atom is 0.340 e. The van der Waals surface area contributed by atoms with Crippen LogP contribution in [0.5, 0.6) is 0 Å². The largest absolute Gasteiger partial charge is 0.451 e. The third-order valence-corrected chi connectivity index (χ3v) is 3.09. The van der Waals surface area contributed by atoms with Gasteiger partial charge in [-0.1, -0.05) is 30.3 Å². The van der Waals surface area contributed by atoms with Crippen LogP contribution in [-0.4, -0.2) is 22.8 Å². The summed E-state index contributed by atoms with van der Waals surface area (Å²) in [7, 11) is 0. The van der Waals surface area contributed by atoms with Gasteiger partial charge in [0.15, 0.2) is 6.10 Å². The Morgan fingerprint density at radius 2 is 1.85 bits per heavy atom. The second kappa shape index (κ2) is 6.43. The summed E-state index contributed by atoms with van der Waals surface area (Å²) >= 11 is 3.23. The molecule has 1 atom stereocenters. The number of hydrogen-bond acceptors (Lipinski definition) is 4. The zero-order valence-electron chi connectivity index (χ0n) is 10.7. The number of aromatic nitrogens is 1. The van der Waals surface area contributed by atoms with E-state index in [9.17, 15) is 9.59 Å². The molecule has 20 heavy (non-hydrogen) atoms. The van der Waals surface area contributed by atoms with Gasteiger partial charge < -0.3 is 4.74 Å². The highest BCUT2D eigenvalue weighted by molar-refractivity contribution is 9.10. The highest BCUT2D eigenvalue weighted by atomic mass is 79.9. The van der Waals surface area contributed by atoms with Gasteiger partial charge in [0.1, 0.15) is 0 Å². The average Bonchev–Trinajstić information content (AvgIpc) is 2.47. The summed E-state index contributed by atoms with van der Waals surface area (Å²) in [5, 5.41) is 0. The number of ketones is 1. The van der Waals surface area contributed by atoms with Crippen LogP contribution in [0.3, 0.4) is 0 Å².